The van der Waals surface area contributed by atoms with Gasteiger partial charge in [0, 0.05) is 9.61 Å². The fraction of sp³-hybridized carbons (Fsp3) is 0.571. The van der Waals surface area contributed by atoms with Gasteiger partial charge >= 0.3 is 0 Å². The molecule has 1 heterocycles. The van der Waals surface area contributed by atoms with E-state index in [1.54, 1.807) is 0 Å². The van der Waals surface area contributed by atoms with Crippen molar-refractivity contribution in [2.45, 2.75) is 43.6 Å². The first-order valence-corrected chi connectivity index (χ1v) is 7.84. The van der Waals surface area contributed by atoms with Gasteiger partial charge in [0.2, 0.25) is 0 Å². The van der Waals surface area contributed by atoms with Crippen molar-refractivity contribution in [2.75, 3.05) is 6.61 Å². The highest BCUT2D eigenvalue weighted by atomic mass is 127. The highest BCUT2D eigenvalue weighted by Crippen LogP contribution is 2.23. The third kappa shape index (κ3) is 3.92. The van der Waals surface area contributed by atoms with Crippen LogP contribution in [0.1, 0.15) is 18.5 Å². The first-order chi connectivity index (χ1) is 9.93. The van der Waals surface area contributed by atoms with E-state index in [1.165, 1.54) is 0 Å². The van der Waals surface area contributed by atoms with E-state index in [4.69, 9.17) is 9.84 Å². The molecule has 7 heteroatoms. The van der Waals surface area contributed by atoms with Crippen LogP contribution in [0.15, 0.2) is 24.3 Å². The zero-order valence-corrected chi connectivity index (χ0v) is 13.7. The van der Waals surface area contributed by atoms with Crippen molar-refractivity contribution in [1.29, 1.82) is 0 Å². The van der Waals surface area contributed by atoms with Gasteiger partial charge in [0.25, 0.3) is 0 Å². The number of hydrogen-bond acceptors (Lipinski definition) is 6. The summed E-state index contributed by atoms with van der Waals surface area (Å²) in [6.07, 6.45) is -4.76. The number of hydrogen-bond donors (Lipinski definition) is 5. The van der Waals surface area contributed by atoms with Gasteiger partial charge in [-0.3, -0.25) is 0 Å². The van der Waals surface area contributed by atoms with Crippen LogP contribution in [0.2, 0.25) is 0 Å². The van der Waals surface area contributed by atoms with Gasteiger partial charge in [-0.15, -0.1) is 0 Å². The zero-order valence-electron chi connectivity index (χ0n) is 11.6. The summed E-state index contributed by atoms with van der Waals surface area (Å²) in [5.41, 5.74) is 0.994. The smallest absolute Gasteiger partial charge is 0.173 e. The number of aliphatic hydroxyl groups is 4. The molecule has 0 radical (unpaired) electrons. The van der Waals surface area contributed by atoms with E-state index < -0.39 is 37.3 Å². The topological polar surface area (TPSA) is 102 Å². The largest absolute Gasteiger partial charge is 0.394 e. The van der Waals surface area contributed by atoms with Crippen LogP contribution in [0, 0.1) is 3.57 Å². The molecule has 0 saturated carbocycles. The Morgan fingerprint density at radius 1 is 1.19 bits per heavy atom. The van der Waals surface area contributed by atoms with E-state index in [0.29, 0.717) is 0 Å². The van der Waals surface area contributed by atoms with Crippen molar-refractivity contribution in [3.05, 3.63) is 33.4 Å². The van der Waals surface area contributed by atoms with Crippen molar-refractivity contribution >= 4 is 22.6 Å². The summed E-state index contributed by atoms with van der Waals surface area (Å²) in [6.45, 7) is 1.43. The molecule has 5 N–H and O–H groups in total. The molecule has 1 aliphatic rings. The Bertz CT molecular complexity index is 457. The Morgan fingerprint density at radius 2 is 1.81 bits per heavy atom. The highest BCUT2D eigenvalue weighted by Gasteiger charge is 2.43. The summed E-state index contributed by atoms with van der Waals surface area (Å²) in [4.78, 5) is 0. The lowest BCUT2D eigenvalue weighted by atomic mass is 9.95. The summed E-state index contributed by atoms with van der Waals surface area (Å²) in [6, 6.07) is 6.86. The summed E-state index contributed by atoms with van der Waals surface area (Å²) in [5, 5.41) is 42.0. The number of rotatable bonds is 4. The van der Waals surface area contributed by atoms with Crippen molar-refractivity contribution in [3.63, 3.8) is 0 Å². The molecule has 1 aromatic carbocycles. The van der Waals surface area contributed by atoms with Crippen LogP contribution in [0.4, 0.5) is 0 Å². The van der Waals surface area contributed by atoms with Gasteiger partial charge in [-0.25, -0.2) is 0 Å². The second-order valence-electron chi connectivity index (χ2n) is 5.19. The molecule has 1 fully saturated rings. The van der Waals surface area contributed by atoms with Crippen molar-refractivity contribution in [3.8, 4) is 0 Å². The molecule has 118 valence electrons. The standard InChI is InChI=1S/C14H20INO5/c1-7(8-2-4-9(15)5-3-8)16-11-13(19)12(18)10(6-17)21-14(11)20/h2-5,7,10-14,16-20H,6H2,1H3/t7?,10-,11-,12-,13-,14?/m1/s1. The van der Waals surface area contributed by atoms with Crippen LogP contribution in [0.3, 0.4) is 0 Å². The number of aliphatic hydroxyl groups excluding tert-OH is 4. The minimum Gasteiger partial charge on any atom is -0.394 e. The third-order valence-corrected chi connectivity index (χ3v) is 4.43. The normalized spacial score (nSPS) is 34.7. The summed E-state index contributed by atoms with van der Waals surface area (Å²) < 4.78 is 6.23. The van der Waals surface area contributed by atoms with Crippen molar-refractivity contribution < 1.29 is 25.2 Å². The first kappa shape index (κ1) is 17.1. The molecular formula is C14H20INO5. The Hall–Kier alpha value is -0.290. The molecule has 6 nitrogen and oxygen atoms in total. The van der Waals surface area contributed by atoms with Crippen molar-refractivity contribution in [1.82, 2.24) is 5.32 Å². The van der Waals surface area contributed by atoms with E-state index in [-0.39, 0.29) is 6.04 Å². The number of halogens is 1. The zero-order chi connectivity index (χ0) is 15.6. The summed E-state index contributed by atoms with van der Waals surface area (Å²) >= 11 is 2.21. The lowest BCUT2D eigenvalue weighted by molar-refractivity contribution is -0.255. The maximum absolute atomic E-state index is 10.1. The van der Waals surface area contributed by atoms with Gasteiger partial charge in [-0.05, 0) is 47.2 Å². The van der Waals surface area contributed by atoms with Gasteiger partial charge in [0.1, 0.15) is 18.3 Å². The number of benzene rings is 1. The van der Waals surface area contributed by atoms with Crippen LogP contribution < -0.4 is 5.32 Å². The molecule has 0 bridgehead atoms. The average Bonchev–Trinajstić information content (AvgIpc) is 2.47. The first-order valence-electron chi connectivity index (χ1n) is 6.76. The van der Waals surface area contributed by atoms with Crippen LogP contribution in [-0.2, 0) is 4.74 Å². The second kappa shape index (κ2) is 7.32. The molecule has 2 rings (SSSR count). The minimum atomic E-state index is -1.30. The Morgan fingerprint density at radius 3 is 2.38 bits per heavy atom. The monoisotopic (exact) mass is 409 g/mol. The van der Waals surface area contributed by atoms with E-state index in [0.717, 1.165) is 9.13 Å². The molecule has 2 unspecified atom stereocenters. The van der Waals surface area contributed by atoms with Gasteiger partial charge < -0.3 is 30.5 Å². The molecule has 21 heavy (non-hydrogen) atoms. The number of ether oxygens (including phenoxy) is 1. The minimum absolute atomic E-state index is 0.141. The predicted octanol–water partition coefficient (Wildman–Crippen LogP) is -0.258. The van der Waals surface area contributed by atoms with Gasteiger partial charge in [0.05, 0.1) is 12.6 Å². The molecular weight excluding hydrogens is 389 g/mol. The Kier molecular flexibility index (Phi) is 5.95. The lowest BCUT2D eigenvalue weighted by Crippen LogP contribution is -2.63. The average molecular weight is 409 g/mol. The maximum atomic E-state index is 10.1. The highest BCUT2D eigenvalue weighted by molar-refractivity contribution is 14.1. The fourth-order valence-electron chi connectivity index (χ4n) is 2.41. The number of nitrogens with one attached hydrogen (secondary N) is 1. The lowest BCUT2D eigenvalue weighted by Gasteiger charge is -2.41. The van der Waals surface area contributed by atoms with E-state index in [1.807, 2.05) is 31.2 Å². The molecule has 1 aliphatic heterocycles. The van der Waals surface area contributed by atoms with E-state index in [2.05, 4.69) is 27.9 Å². The quantitative estimate of drug-likeness (QED) is 0.440. The third-order valence-electron chi connectivity index (χ3n) is 3.71. The van der Waals surface area contributed by atoms with Gasteiger partial charge in [0.15, 0.2) is 6.29 Å². The molecule has 0 aliphatic carbocycles. The molecule has 0 amide bonds. The van der Waals surface area contributed by atoms with Crippen molar-refractivity contribution in [2.24, 2.45) is 0 Å². The maximum Gasteiger partial charge on any atom is 0.173 e. The summed E-state index contributed by atoms with van der Waals surface area (Å²) in [7, 11) is 0. The molecule has 6 atom stereocenters. The SMILES string of the molecule is CC(N[C@H]1C(O)O[C@H](CO)[C@@H](O)[C@@H]1O)c1ccc(I)cc1. The predicted molar refractivity (Wildman–Crippen MR) is 84.5 cm³/mol. The Balaban J connectivity index is 2.05. The van der Waals surface area contributed by atoms with Crippen LogP contribution in [0.25, 0.3) is 0 Å². The second-order valence-corrected chi connectivity index (χ2v) is 6.44. The van der Waals surface area contributed by atoms with Gasteiger partial charge in [-0.1, -0.05) is 12.1 Å². The van der Waals surface area contributed by atoms with Gasteiger partial charge in [-0.2, -0.15) is 0 Å². The van der Waals surface area contributed by atoms with Crippen LogP contribution >= 0.6 is 22.6 Å². The van der Waals surface area contributed by atoms with E-state index >= 15 is 0 Å². The molecule has 1 aromatic rings. The molecule has 0 spiro atoms. The summed E-state index contributed by atoms with van der Waals surface area (Å²) in [5.74, 6) is 0. The van der Waals surface area contributed by atoms with Crippen LogP contribution in [-0.4, -0.2) is 57.7 Å². The molecule has 1 saturated heterocycles. The van der Waals surface area contributed by atoms with Crippen LogP contribution in [0.5, 0.6) is 0 Å². The van der Waals surface area contributed by atoms with E-state index in [9.17, 15) is 15.3 Å². The Labute approximate surface area is 136 Å². The fourth-order valence-corrected chi connectivity index (χ4v) is 2.77. The molecule has 0 aromatic heterocycles.